The van der Waals surface area contributed by atoms with Crippen molar-refractivity contribution in [3.63, 3.8) is 0 Å². The maximum Gasteiger partial charge on any atom is 0.223 e. The molecule has 18 heavy (non-hydrogen) atoms. The number of carbonyl (C=O) groups is 1. The molecule has 1 N–H and O–H groups in total. The Hall–Kier alpha value is -0.240. The Morgan fingerprint density at radius 2 is 1.89 bits per heavy atom. The second-order valence-electron chi connectivity index (χ2n) is 7.00. The first-order valence-electron chi connectivity index (χ1n) is 7.48. The molecule has 3 aliphatic carbocycles. The van der Waals surface area contributed by atoms with Crippen molar-refractivity contribution in [1.29, 1.82) is 0 Å². The molecule has 5 atom stereocenters. The Balaban J connectivity index is 1.54. The van der Waals surface area contributed by atoms with E-state index in [2.05, 4.69) is 19.2 Å². The van der Waals surface area contributed by atoms with Gasteiger partial charge in [0.15, 0.2) is 0 Å². The summed E-state index contributed by atoms with van der Waals surface area (Å²) in [5.41, 5.74) is 0. The molecule has 3 saturated carbocycles. The summed E-state index contributed by atoms with van der Waals surface area (Å²) in [4.78, 5) is 12.3. The van der Waals surface area contributed by atoms with E-state index in [0.29, 0.717) is 23.6 Å². The molecule has 0 spiro atoms. The van der Waals surface area contributed by atoms with Crippen molar-refractivity contribution in [3.05, 3.63) is 0 Å². The quantitative estimate of drug-likeness (QED) is 0.764. The van der Waals surface area contributed by atoms with Crippen molar-refractivity contribution in [2.45, 2.75) is 45.6 Å². The van der Waals surface area contributed by atoms with Gasteiger partial charge in [0.25, 0.3) is 0 Å². The number of fused-ring (bicyclic) bond motifs is 5. The molecule has 0 radical (unpaired) electrons. The number of hydrogen-bond donors (Lipinski definition) is 1. The van der Waals surface area contributed by atoms with E-state index < -0.39 is 0 Å². The third-order valence-electron chi connectivity index (χ3n) is 5.33. The van der Waals surface area contributed by atoms with Gasteiger partial charge in [0, 0.05) is 17.8 Å². The summed E-state index contributed by atoms with van der Waals surface area (Å²) in [7, 11) is 0. The van der Waals surface area contributed by atoms with Crippen LogP contribution in [0.25, 0.3) is 0 Å². The Bertz CT molecular complexity index is 327. The fraction of sp³-hybridized carbons (Fsp3) is 0.933. The number of carbonyl (C=O) groups excluding carboxylic acids is 1. The van der Waals surface area contributed by atoms with E-state index in [9.17, 15) is 4.79 Å². The molecule has 3 heteroatoms. The van der Waals surface area contributed by atoms with Crippen LogP contribution in [0.5, 0.6) is 0 Å². The summed E-state index contributed by atoms with van der Waals surface area (Å²) in [5.74, 6) is 4.98. The van der Waals surface area contributed by atoms with Crippen LogP contribution in [0.3, 0.4) is 0 Å². The van der Waals surface area contributed by atoms with Crippen LogP contribution >= 0.6 is 11.6 Å². The molecule has 0 heterocycles. The molecule has 3 aliphatic rings. The number of alkyl halides is 1. The van der Waals surface area contributed by atoms with Crippen LogP contribution in [-0.2, 0) is 4.79 Å². The molecule has 3 fully saturated rings. The largest absolute Gasteiger partial charge is 0.352 e. The molecule has 0 aliphatic heterocycles. The number of amides is 1. The molecule has 2 nitrogen and oxygen atoms in total. The molecule has 0 aromatic rings. The molecule has 0 aromatic heterocycles. The molecule has 0 aromatic carbocycles. The fourth-order valence-corrected chi connectivity index (χ4v) is 4.91. The summed E-state index contributed by atoms with van der Waals surface area (Å²) in [5, 5.41) is 3.19. The minimum atomic E-state index is 0.165. The van der Waals surface area contributed by atoms with Gasteiger partial charge in [-0.15, -0.1) is 11.6 Å². The summed E-state index contributed by atoms with van der Waals surface area (Å²) in [6.07, 6.45) is 5.15. The predicted molar refractivity (Wildman–Crippen MR) is 73.4 cm³/mol. The number of halogens is 1. The lowest BCUT2D eigenvalue weighted by Gasteiger charge is -2.19. The van der Waals surface area contributed by atoms with Gasteiger partial charge in [-0.1, -0.05) is 13.8 Å². The molecule has 0 saturated heterocycles. The Morgan fingerprint density at radius 1 is 1.28 bits per heavy atom. The van der Waals surface area contributed by atoms with Crippen LogP contribution in [-0.4, -0.2) is 17.8 Å². The zero-order valence-corrected chi connectivity index (χ0v) is 12.1. The van der Waals surface area contributed by atoms with Crippen LogP contribution in [0.2, 0.25) is 0 Å². The third kappa shape index (κ3) is 2.07. The average Bonchev–Trinajstić information content (AvgIpc) is 2.77. The van der Waals surface area contributed by atoms with Crippen molar-refractivity contribution >= 4 is 17.5 Å². The van der Waals surface area contributed by atoms with Crippen molar-refractivity contribution in [2.75, 3.05) is 5.88 Å². The van der Waals surface area contributed by atoms with Crippen molar-refractivity contribution in [2.24, 2.45) is 35.5 Å². The van der Waals surface area contributed by atoms with Crippen LogP contribution in [0.15, 0.2) is 0 Å². The first-order chi connectivity index (χ1) is 8.61. The lowest BCUT2D eigenvalue weighted by atomic mass is 10.0. The molecule has 102 valence electrons. The molecule has 5 unspecified atom stereocenters. The lowest BCUT2D eigenvalue weighted by Crippen LogP contribution is -2.39. The van der Waals surface area contributed by atoms with Gasteiger partial charge >= 0.3 is 0 Å². The van der Waals surface area contributed by atoms with Crippen LogP contribution in [0.1, 0.15) is 39.5 Å². The van der Waals surface area contributed by atoms with Gasteiger partial charge in [0.05, 0.1) is 0 Å². The van der Waals surface area contributed by atoms with Gasteiger partial charge in [-0.25, -0.2) is 0 Å². The van der Waals surface area contributed by atoms with E-state index in [1.165, 1.54) is 19.3 Å². The standard InChI is InChI=1S/C15H24ClNO/c1-8(2)5-11(7-16)17-15(18)14-12-9-3-4-10(6-9)13(12)14/h8-14H,3-7H2,1-2H3,(H,17,18). The van der Waals surface area contributed by atoms with Gasteiger partial charge in [0.2, 0.25) is 5.91 Å². The van der Waals surface area contributed by atoms with E-state index in [1.807, 2.05) is 0 Å². The highest BCUT2D eigenvalue weighted by atomic mass is 35.5. The number of nitrogens with one attached hydrogen (secondary N) is 1. The zero-order valence-electron chi connectivity index (χ0n) is 11.4. The second-order valence-corrected chi connectivity index (χ2v) is 7.31. The first-order valence-corrected chi connectivity index (χ1v) is 8.01. The highest BCUT2D eigenvalue weighted by molar-refractivity contribution is 6.18. The normalized spacial score (nSPS) is 41.9. The Kier molecular flexibility index (Phi) is 3.34. The maximum atomic E-state index is 12.3. The molecule has 3 rings (SSSR count). The molecular formula is C15H24ClNO. The average molecular weight is 270 g/mol. The van der Waals surface area contributed by atoms with E-state index in [4.69, 9.17) is 11.6 Å². The maximum absolute atomic E-state index is 12.3. The monoisotopic (exact) mass is 269 g/mol. The highest BCUT2D eigenvalue weighted by Gasteiger charge is 2.67. The third-order valence-corrected chi connectivity index (χ3v) is 5.70. The smallest absolute Gasteiger partial charge is 0.223 e. The minimum absolute atomic E-state index is 0.165. The van der Waals surface area contributed by atoms with Crippen molar-refractivity contribution in [3.8, 4) is 0 Å². The number of rotatable bonds is 5. The highest BCUT2D eigenvalue weighted by Crippen LogP contribution is 2.69. The van der Waals surface area contributed by atoms with Gasteiger partial charge in [-0.05, 0) is 55.3 Å². The Labute approximate surface area is 115 Å². The van der Waals surface area contributed by atoms with Crippen LogP contribution in [0, 0.1) is 35.5 Å². The fourth-order valence-electron chi connectivity index (χ4n) is 4.70. The predicted octanol–water partition coefficient (Wildman–Crippen LogP) is 3.05. The van der Waals surface area contributed by atoms with E-state index in [1.54, 1.807) is 0 Å². The SMILES string of the molecule is CC(C)CC(CCl)NC(=O)C1C2C3CCC(C3)C12. The molecule has 2 bridgehead atoms. The van der Waals surface area contributed by atoms with Crippen molar-refractivity contribution < 1.29 is 4.79 Å². The van der Waals surface area contributed by atoms with Crippen LogP contribution < -0.4 is 5.32 Å². The minimum Gasteiger partial charge on any atom is -0.352 e. The van der Waals surface area contributed by atoms with E-state index in [-0.39, 0.29) is 6.04 Å². The molecular weight excluding hydrogens is 246 g/mol. The van der Waals surface area contributed by atoms with Crippen LogP contribution in [0.4, 0.5) is 0 Å². The first kappa shape index (κ1) is 12.8. The zero-order chi connectivity index (χ0) is 12.9. The topological polar surface area (TPSA) is 29.1 Å². The van der Waals surface area contributed by atoms with Gasteiger partial charge < -0.3 is 5.32 Å². The second kappa shape index (κ2) is 4.70. The Morgan fingerprint density at radius 3 is 2.39 bits per heavy atom. The van der Waals surface area contributed by atoms with Crippen molar-refractivity contribution in [1.82, 2.24) is 5.32 Å². The summed E-state index contributed by atoms with van der Waals surface area (Å²) < 4.78 is 0. The summed E-state index contributed by atoms with van der Waals surface area (Å²) in [6.45, 7) is 4.36. The summed E-state index contributed by atoms with van der Waals surface area (Å²) >= 11 is 5.96. The number of hydrogen-bond acceptors (Lipinski definition) is 1. The van der Waals surface area contributed by atoms with Gasteiger partial charge in [-0.2, -0.15) is 0 Å². The van der Waals surface area contributed by atoms with E-state index >= 15 is 0 Å². The van der Waals surface area contributed by atoms with Gasteiger partial charge in [0.1, 0.15) is 0 Å². The molecule has 1 amide bonds. The lowest BCUT2D eigenvalue weighted by molar-refractivity contribution is -0.124. The summed E-state index contributed by atoms with van der Waals surface area (Å²) in [6, 6.07) is 0.165. The van der Waals surface area contributed by atoms with Gasteiger partial charge in [-0.3, -0.25) is 4.79 Å². The van der Waals surface area contributed by atoms with E-state index in [0.717, 1.165) is 30.1 Å².